The van der Waals surface area contributed by atoms with Gasteiger partial charge in [0.25, 0.3) is 5.91 Å². The molecule has 1 amide bonds. The van der Waals surface area contributed by atoms with Crippen molar-refractivity contribution >= 4 is 16.9 Å². The first kappa shape index (κ1) is 14.8. The summed E-state index contributed by atoms with van der Waals surface area (Å²) in [5.41, 5.74) is 1.81. The highest BCUT2D eigenvalue weighted by atomic mass is 16.5. The molecule has 0 N–H and O–H groups in total. The number of benzene rings is 1. The molecule has 0 aliphatic carbocycles. The Kier molecular flexibility index (Phi) is 3.27. The molecular formula is C18H13N5O3. The van der Waals surface area contributed by atoms with E-state index in [4.69, 9.17) is 8.94 Å². The van der Waals surface area contributed by atoms with Gasteiger partial charge in [-0.1, -0.05) is 17.3 Å². The van der Waals surface area contributed by atoms with Crippen LogP contribution in [0.5, 0.6) is 0 Å². The van der Waals surface area contributed by atoms with Crippen molar-refractivity contribution in [1.29, 1.82) is 0 Å². The molecule has 0 atom stereocenters. The van der Waals surface area contributed by atoms with Gasteiger partial charge in [0, 0.05) is 13.1 Å². The molecule has 4 heterocycles. The number of furan rings is 1. The minimum absolute atomic E-state index is 0.0172. The molecule has 5 rings (SSSR count). The smallest absolute Gasteiger partial charge is 0.274 e. The van der Waals surface area contributed by atoms with Crippen LogP contribution in [0.25, 0.3) is 22.6 Å². The minimum atomic E-state index is -0.148. The highest BCUT2D eigenvalue weighted by Crippen LogP contribution is 2.28. The van der Waals surface area contributed by atoms with Crippen molar-refractivity contribution < 1.29 is 13.7 Å². The van der Waals surface area contributed by atoms with Crippen LogP contribution in [0, 0.1) is 0 Å². The van der Waals surface area contributed by atoms with Gasteiger partial charge in [0.1, 0.15) is 5.69 Å². The van der Waals surface area contributed by atoms with Gasteiger partial charge in [-0.15, -0.1) is 0 Å². The minimum Gasteiger partial charge on any atom is -0.461 e. The van der Waals surface area contributed by atoms with Crippen molar-refractivity contribution in [2.45, 2.75) is 5.92 Å². The van der Waals surface area contributed by atoms with E-state index in [2.05, 4.69) is 20.1 Å². The van der Waals surface area contributed by atoms with Crippen LogP contribution >= 0.6 is 0 Å². The molecule has 0 spiro atoms. The Balaban J connectivity index is 1.29. The van der Waals surface area contributed by atoms with Crippen molar-refractivity contribution in [3.8, 4) is 11.6 Å². The van der Waals surface area contributed by atoms with E-state index in [-0.39, 0.29) is 11.8 Å². The maximum Gasteiger partial charge on any atom is 0.274 e. The van der Waals surface area contributed by atoms with Gasteiger partial charge in [0.2, 0.25) is 11.7 Å². The standard InChI is InChI=1S/C18H13N5O3/c24-18(14-8-19-12-4-1-2-5-13(12)20-14)23-9-11(10-23)17-21-16(22-26-17)15-6-3-7-25-15/h1-8,11H,9-10H2. The van der Waals surface area contributed by atoms with Crippen LogP contribution in [-0.4, -0.2) is 44.0 Å². The third-order valence-corrected chi connectivity index (χ3v) is 4.37. The summed E-state index contributed by atoms with van der Waals surface area (Å²) in [6.45, 7) is 1.01. The number of aromatic nitrogens is 4. The Morgan fingerprint density at radius 3 is 2.73 bits per heavy atom. The molecule has 128 valence electrons. The predicted octanol–water partition coefficient (Wildman–Crippen LogP) is 2.51. The molecular weight excluding hydrogens is 334 g/mol. The van der Waals surface area contributed by atoms with Gasteiger partial charge in [-0.3, -0.25) is 9.78 Å². The highest BCUT2D eigenvalue weighted by Gasteiger charge is 2.36. The predicted molar refractivity (Wildman–Crippen MR) is 90.2 cm³/mol. The molecule has 1 aliphatic heterocycles. The van der Waals surface area contributed by atoms with Gasteiger partial charge in [0.15, 0.2) is 5.76 Å². The largest absolute Gasteiger partial charge is 0.461 e. The van der Waals surface area contributed by atoms with Gasteiger partial charge >= 0.3 is 0 Å². The van der Waals surface area contributed by atoms with Crippen LogP contribution in [0.1, 0.15) is 22.3 Å². The zero-order chi connectivity index (χ0) is 17.5. The number of nitrogens with zero attached hydrogens (tertiary/aromatic N) is 5. The van der Waals surface area contributed by atoms with Gasteiger partial charge in [-0.2, -0.15) is 4.98 Å². The molecule has 1 fully saturated rings. The first-order chi connectivity index (χ1) is 12.8. The first-order valence-corrected chi connectivity index (χ1v) is 8.16. The molecule has 26 heavy (non-hydrogen) atoms. The maximum absolute atomic E-state index is 12.6. The number of hydrogen-bond acceptors (Lipinski definition) is 7. The average Bonchev–Trinajstić information content (AvgIpc) is 3.31. The molecule has 8 nitrogen and oxygen atoms in total. The molecule has 0 radical (unpaired) electrons. The second-order valence-electron chi connectivity index (χ2n) is 6.08. The van der Waals surface area contributed by atoms with Gasteiger partial charge < -0.3 is 13.8 Å². The molecule has 1 aliphatic rings. The topological polar surface area (TPSA) is 98.2 Å². The Labute approximate surface area is 147 Å². The van der Waals surface area contributed by atoms with E-state index in [9.17, 15) is 4.79 Å². The van der Waals surface area contributed by atoms with Crippen LogP contribution in [0.3, 0.4) is 0 Å². The lowest BCUT2D eigenvalue weighted by atomic mass is 9.99. The second-order valence-corrected chi connectivity index (χ2v) is 6.08. The molecule has 0 bridgehead atoms. The zero-order valence-corrected chi connectivity index (χ0v) is 13.6. The maximum atomic E-state index is 12.6. The molecule has 1 saturated heterocycles. The molecule has 0 unspecified atom stereocenters. The van der Waals surface area contributed by atoms with Crippen LogP contribution in [0.15, 0.2) is 57.8 Å². The molecule has 0 saturated carbocycles. The van der Waals surface area contributed by atoms with E-state index in [0.717, 1.165) is 5.52 Å². The lowest BCUT2D eigenvalue weighted by Gasteiger charge is -2.36. The van der Waals surface area contributed by atoms with Crippen LogP contribution in [-0.2, 0) is 0 Å². The molecule has 3 aromatic heterocycles. The van der Waals surface area contributed by atoms with Crippen LogP contribution < -0.4 is 0 Å². The van der Waals surface area contributed by atoms with E-state index in [1.54, 1.807) is 23.3 Å². The Morgan fingerprint density at radius 1 is 1.08 bits per heavy atom. The summed E-state index contributed by atoms with van der Waals surface area (Å²) in [4.78, 5) is 27.3. The fourth-order valence-corrected chi connectivity index (χ4v) is 2.93. The number of para-hydroxylation sites is 2. The fraction of sp³-hybridized carbons (Fsp3) is 0.167. The summed E-state index contributed by atoms with van der Waals surface area (Å²) in [6.07, 6.45) is 3.07. The number of amides is 1. The van der Waals surface area contributed by atoms with E-state index in [0.29, 0.717) is 41.8 Å². The van der Waals surface area contributed by atoms with E-state index in [1.807, 2.05) is 24.3 Å². The van der Waals surface area contributed by atoms with E-state index >= 15 is 0 Å². The third-order valence-electron chi connectivity index (χ3n) is 4.37. The van der Waals surface area contributed by atoms with Crippen LogP contribution in [0.2, 0.25) is 0 Å². The van der Waals surface area contributed by atoms with Gasteiger partial charge in [-0.25, -0.2) is 4.98 Å². The normalized spacial score (nSPS) is 14.5. The summed E-state index contributed by atoms with van der Waals surface area (Å²) >= 11 is 0. The lowest BCUT2D eigenvalue weighted by molar-refractivity contribution is 0.0563. The summed E-state index contributed by atoms with van der Waals surface area (Å²) in [5, 5.41) is 3.92. The third kappa shape index (κ3) is 2.43. The van der Waals surface area contributed by atoms with Gasteiger partial charge in [0.05, 0.1) is 29.4 Å². The van der Waals surface area contributed by atoms with Gasteiger partial charge in [-0.05, 0) is 24.3 Å². The Morgan fingerprint density at radius 2 is 1.92 bits per heavy atom. The van der Waals surface area contributed by atoms with Crippen molar-refractivity contribution in [3.63, 3.8) is 0 Å². The fourth-order valence-electron chi connectivity index (χ4n) is 2.93. The lowest BCUT2D eigenvalue weighted by Crippen LogP contribution is -2.48. The van der Waals surface area contributed by atoms with Crippen molar-refractivity contribution in [2.24, 2.45) is 0 Å². The number of carbonyl (C=O) groups is 1. The summed E-state index contributed by atoms with van der Waals surface area (Å²) in [7, 11) is 0. The number of carbonyl (C=O) groups excluding carboxylic acids is 1. The SMILES string of the molecule is O=C(c1cnc2ccccc2n1)N1CC(c2nc(-c3ccco3)no2)C1. The first-order valence-electron chi connectivity index (χ1n) is 8.16. The summed E-state index contributed by atoms with van der Waals surface area (Å²) in [5.74, 6) is 1.34. The summed E-state index contributed by atoms with van der Waals surface area (Å²) in [6, 6.07) is 11.0. The number of likely N-dealkylation sites (tertiary alicyclic amines) is 1. The quantitative estimate of drug-likeness (QED) is 0.561. The summed E-state index contributed by atoms with van der Waals surface area (Å²) < 4.78 is 10.5. The van der Waals surface area contributed by atoms with Crippen LogP contribution in [0.4, 0.5) is 0 Å². The number of hydrogen-bond donors (Lipinski definition) is 0. The van der Waals surface area contributed by atoms with Crippen molar-refractivity contribution in [3.05, 3.63) is 60.4 Å². The van der Waals surface area contributed by atoms with E-state index < -0.39 is 0 Å². The Bertz CT molecular complexity index is 1080. The van der Waals surface area contributed by atoms with Crippen molar-refractivity contribution in [2.75, 3.05) is 13.1 Å². The number of rotatable bonds is 3. The molecule has 4 aromatic rings. The van der Waals surface area contributed by atoms with Crippen molar-refractivity contribution in [1.82, 2.24) is 25.0 Å². The number of fused-ring (bicyclic) bond motifs is 1. The van der Waals surface area contributed by atoms with E-state index in [1.165, 1.54) is 6.20 Å². The molecule has 8 heteroatoms. The zero-order valence-electron chi connectivity index (χ0n) is 13.6. The average molecular weight is 347 g/mol. The monoisotopic (exact) mass is 347 g/mol. The molecule has 1 aromatic carbocycles. The second kappa shape index (κ2) is 5.76. The Hall–Kier alpha value is -3.55. The highest BCUT2D eigenvalue weighted by molar-refractivity contribution is 5.94.